The van der Waals surface area contributed by atoms with Crippen LogP contribution in [0.4, 0.5) is 5.69 Å². The lowest BCUT2D eigenvalue weighted by atomic mass is 10.1. The highest BCUT2D eigenvalue weighted by atomic mass is 35.5. The van der Waals surface area contributed by atoms with Gasteiger partial charge < -0.3 is 15.4 Å². The number of carbonyl (C=O) groups is 3. The van der Waals surface area contributed by atoms with Gasteiger partial charge in [-0.2, -0.15) is 0 Å². The average molecular weight is 307 g/mol. The molecule has 0 atom stereocenters. The van der Waals surface area contributed by atoms with Gasteiger partial charge in [-0.3, -0.25) is 9.59 Å². The van der Waals surface area contributed by atoms with Crippen molar-refractivity contribution in [3.63, 3.8) is 0 Å². The van der Waals surface area contributed by atoms with Crippen molar-refractivity contribution in [2.24, 2.45) is 0 Å². The minimum atomic E-state index is -1.20. The second kappa shape index (κ2) is 5.80. The highest BCUT2D eigenvalue weighted by Gasteiger charge is 2.17. The molecule has 0 saturated heterocycles. The highest BCUT2D eigenvalue weighted by Crippen LogP contribution is 2.26. The van der Waals surface area contributed by atoms with E-state index in [0.717, 1.165) is 0 Å². The fraction of sp³-hybridized carbons (Fsp3) is 0.0714. The first kappa shape index (κ1) is 14.8. The van der Waals surface area contributed by atoms with Crippen molar-refractivity contribution in [2.75, 3.05) is 5.32 Å². The molecule has 0 fully saturated rings. The first-order chi connectivity index (χ1) is 9.90. The summed E-state index contributed by atoms with van der Waals surface area (Å²) < 4.78 is 0. The fourth-order valence-corrected chi connectivity index (χ4v) is 1.96. The van der Waals surface area contributed by atoms with Gasteiger partial charge in [0.05, 0.1) is 16.3 Å². The normalized spacial score (nSPS) is 10.2. The van der Waals surface area contributed by atoms with Crippen molar-refractivity contribution in [1.82, 2.24) is 4.98 Å². The maximum absolute atomic E-state index is 12.1. The van der Waals surface area contributed by atoms with Crippen molar-refractivity contribution in [1.29, 1.82) is 0 Å². The third-order valence-corrected chi connectivity index (χ3v) is 3.13. The summed E-state index contributed by atoms with van der Waals surface area (Å²) in [6.07, 6.45) is 1.40. The molecule has 0 radical (unpaired) electrons. The van der Waals surface area contributed by atoms with E-state index < -0.39 is 11.9 Å². The van der Waals surface area contributed by atoms with Gasteiger partial charge in [-0.15, -0.1) is 0 Å². The number of Topliss-reactive ketones (excluding diaryl/α,β-unsaturated/α-hetero) is 1. The number of aromatic carboxylic acids is 1. The Labute approximate surface area is 124 Å². The van der Waals surface area contributed by atoms with Crippen LogP contribution < -0.4 is 5.32 Å². The highest BCUT2D eigenvalue weighted by molar-refractivity contribution is 6.34. The van der Waals surface area contributed by atoms with Gasteiger partial charge >= 0.3 is 5.97 Å². The zero-order valence-electron chi connectivity index (χ0n) is 10.9. The number of carbonyl (C=O) groups excluding carboxylic acids is 2. The Balaban J connectivity index is 2.31. The predicted octanol–water partition coefficient (Wildman–Crippen LogP) is 2.82. The Morgan fingerprint density at radius 3 is 2.57 bits per heavy atom. The summed E-state index contributed by atoms with van der Waals surface area (Å²) in [6.45, 7) is 1.38. The minimum absolute atomic E-state index is 0.00985. The lowest BCUT2D eigenvalue weighted by Gasteiger charge is -2.09. The molecule has 2 rings (SSSR count). The Kier molecular flexibility index (Phi) is 4.09. The van der Waals surface area contributed by atoms with E-state index in [9.17, 15) is 14.4 Å². The first-order valence-corrected chi connectivity index (χ1v) is 6.30. The Morgan fingerprint density at radius 1 is 1.29 bits per heavy atom. The average Bonchev–Trinajstić information content (AvgIpc) is 2.90. The number of aromatic nitrogens is 1. The molecule has 0 unspecified atom stereocenters. The van der Waals surface area contributed by atoms with Crippen LogP contribution in [0.5, 0.6) is 0 Å². The first-order valence-electron chi connectivity index (χ1n) is 5.92. The lowest BCUT2D eigenvalue weighted by Crippen LogP contribution is -2.15. The zero-order chi connectivity index (χ0) is 15.6. The van der Waals surface area contributed by atoms with Crippen LogP contribution in [0.25, 0.3) is 0 Å². The Bertz CT molecular complexity index is 736. The van der Waals surface area contributed by atoms with E-state index in [1.807, 2.05) is 0 Å². The molecular weight excluding hydrogens is 296 g/mol. The quantitative estimate of drug-likeness (QED) is 0.756. The van der Waals surface area contributed by atoms with Crippen molar-refractivity contribution < 1.29 is 19.5 Å². The predicted molar refractivity (Wildman–Crippen MR) is 77.2 cm³/mol. The van der Waals surface area contributed by atoms with Crippen molar-refractivity contribution in [3.8, 4) is 0 Å². The van der Waals surface area contributed by atoms with E-state index in [2.05, 4.69) is 10.3 Å². The van der Waals surface area contributed by atoms with Crippen LogP contribution in [0.1, 0.15) is 38.1 Å². The van der Waals surface area contributed by atoms with Crippen molar-refractivity contribution >= 4 is 34.9 Å². The van der Waals surface area contributed by atoms with Crippen LogP contribution in [0, 0.1) is 0 Å². The molecule has 0 aliphatic heterocycles. The number of carboxylic acid groups (broad SMARTS) is 1. The topological polar surface area (TPSA) is 99.3 Å². The molecular formula is C14H11ClN2O4. The molecule has 7 heteroatoms. The number of para-hydroxylation sites is 1. The van der Waals surface area contributed by atoms with Crippen LogP contribution in [0.2, 0.25) is 5.02 Å². The summed E-state index contributed by atoms with van der Waals surface area (Å²) >= 11 is 5.92. The van der Waals surface area contributed by atoms with E-state index in [1.54, 1.807) is 0 Å². The maximum atomic E-state index is 12.1. The summed E-state index contributed by atoms with van der Waals surface area (Å²) in [4.78, 5) is 37.0. The second-order valence-electron chi connectivity index (χ2n) is 4.28. The number of hydrogen-bond acceptors (Lipinski definition) is 3. The minimum Gasteiger partial charge on any atom is -0.478 e. The van der Waals surface area contributed by atoms with Crippen molar-refractivity contribution in [3.05, 3.63) is 52.3 Å². The summed E-state index contributed by atoms with van der Waals surface area (Å²) in [5, 5.41) is 11.6. The molecule has 108 valence electrons. The van der Waals surface area contributed by atoms with Gasteiger partial charge in [0.1, 0.15) is 5.69 Å². The molecule has 0 spiro atoms. The number of halogens is 1. The number of hydrogen-bond donors (Lipinski definition) is 3. The number of nitrogens with one attached hydrogen (secondary N) is 2. The fourth-order valence-electron chi connectivity index (χ4n) is 1.74. The molecule has 2 aromatic rings. The van der Waals surface area contributed by atoms with E-state index in [0.29, 0.717) is 5.56 Å². The van der Waals surface area contributed by atoms with Gasteiger partial charge in [0.25, 0.3) is 5.91 Å². The molecule has 0 bridgehead atoms. The Morgan fingerprint density at radius 2 is 2.00 bits per heavy atom. The molecule has 1 aromatic carbocycles. The summed E-state index contributed by atoms with van der Waals surface area (Å²) in [5.41, 5.74) is 0.388. The molecule has 0 saturated carbocycles. The number of rotatable bonds is 4. The van der Waals surface area contributed by atoms with Gasteiger partial charge in [0.2, 0.25) is 0 Å². The number of aromatic amines is 1. The van der Waals surface area contributed by atoms with Crippen LogP contribution in [0.15, 0.2) is 30.5 Å². The summed E-state index contributed by atoms with van der Waals surface area (Å²) in [5.74, 6) is -1.98. The Hall–Kier alpha value is -2.60. The third-order valence-electron chi connectivity index (χ3n) is 2.82. The summed E-state index contributed by atoms with van der Waals surface area (Å²) in [6, 6.07) is 5.66. The number of carboxylic acids is 1. The van der Waals surface area contributed by atoms with Gasteiger partial charge in [0.15, 0.2) is 5.78 Å². The van der Waals surface area contributed by atoms with Gasteiger partial charge in [-0.05, 0) is 25.1 Å². The van der Waals surface area contributed by atoms with E-state index >= 15 is 0 Å². The van der Waals surface area contributed by atoms with Crippen LogP contribution >= 0.6 is 11.6 Å². The molecule has 1 aromatic heterocycles. The monoisotopic (exact) mass is 306 g/mol. The third kappa shape index (κ3) is 3.11. The molecule has 1 heterocycles. The maximum Gasteiger partial charge on any atom is 0.337 e. The van der Waals surface area contributed by atoms with E-state index in [4.69, 9.17) is 16.7 Å². The smallest absolute Gasteiger partial charge is 0.337 e. The molecule has 0 aliphatic carbocycles. The molecule has 0 aliphatic rings. The number of benzene rings is 1. The molecule has 21 heavy (non-hydrogen) atoms. The summed E-state index contributed by atoms with van der Waals surface area (Å²) in [7, 11) is 0. The number of H-pyrrole nitrogens is 1. The number of ketones is 1. The number of anilines is 1. The van der Waals surface area contributed by atoms with Gasteiger partial charge in [-0.1, -0.05) is 17.7 Å². The number of amides is 1. The van der Waals surface area contributed by atoms with Crippen molar-refractivity contribution in [2.45, 2.75) is 6.92 Å². The molecule has 6 nitrogen and oxygen atoms in total. The molecule has 1 amide bonds. The standard InChI is InChI=1S/C14H11ClN2O4/c1-7(18)8-5-11(16-6-8)13(19)17-12-9(14(20)21)3-2-4-10(12)15/h2-6,16H,1H3,(H,17,19)(H,20,21). The van der Waals surface area contributed by atoms with E-state index in [-0.39, 0.29) is 27.8 Å². The van der Waals surface area contributed by atoms with Crippen LogP contribution in [0.3, 0.4) is 0 Å². The molecule has 3 N–H and O–H groups in total. The lowest BCUT2D eigenvalue weighted by molar-refractivity contribution is 0.0697. The van der Waals surface area contributed by atoms with Crippen LogP contribution in [-0.4, -0.2) is 27.8 Å². The SMILES string of the molecule is CC(=O)c1c[nH]c(C(=O)Nc2c(Cl)cccc2C(=O)O)c1. The largest absolute Gasteiger partial charge is 0.478 e. The second-order valence-corrected chi connectivity index (χ2v) is 4.69. The van der Waals surface area contributed by atoms with Gasteiger partial charge in [-0.25, -0.2) is 4.79 Å². The van der Waals surface area contributed by atoms with E-state index in [1.165, 1.54) is 37.4 Å². The van der Waals surface area contributed by atoms with Gasteiger partial charge in [0, 0.05) is 11.8 Å². The zero-order valence-corrected chi connectivity index (χ0v) is 11.7. The van der Waals surface area contributed by atoms with Crippen LogP contribution in [-0.2, 0) is 0 Å².